The van der Waals surface area contributed by atoms with Gasteiger partial charge in [0.15, 0.2) is 5.69 Å². The van der Waals surface area contributed by atoms with E-state index in [1.54, 1.807) is 25.1 Å². The highest BCUT2D eigenvalue weighted by Gasteiger charge is 2.13. The summed E-state index contributed by atoms with van der Waals surface area (Å²) in [6.07, 6.45) is 1.48. The van der Waals surface area contributed by atoms with Crippen molar-refractivity contribution < 1.29 is 9.59 Å². The molecule has 0 aliphatic carbocycles. The number of primary amides is 2. The average Bonchev–Trinajstić information content (AvgIpc) is 2.70. The van der Waals surface area contributed by atoms with E-state index in [0.29, 0.717) is 16.8 Å². The van der Waals surface area contributed by atoms with E-state index in [1.165, 1.54) is 10.9 Å². The Hall–Kier alpha value is -2.83. The number of hydrogen-bond donors (Lipinski definition) is 3. The van der Waals surface area contributed by atoms with Gasteiger partial charge in [-0.25, -0.2) is 4.68 Å². The van der Waals surface area contributed by atoms with Gasteiger partial charge in [-0.1, -0.05) is 0 Å². The molecule has 1 aromatic heterocycles. The molecule has 2 aromatic rings. The zero-order chi connectivity index (χ0) is 14.2. The second-order valence-corrected chi connectivity index (χ2v) is 4.11. The normalized spacial score (nSPS) is 10.4. The zero-order valence-corrected chi connectivity index (χ0v) is 10.3. The molecule has 2 amide bonds. The van der Waals surface area contributed by atoms with Gasteiger partial charge in [0.05, 0.1) is 17.6 Å². The molecular formula is C12H13N5O2. The maximum Gasteiger partial charge on any atom is 0.271 e. The van der Waals surface area contributed by atoms with Crippen LogP contribution < -0.4 is 17.2 Å². The van der Waals surface area contributed by atoms with Gasteiger partial charge in [0.1, 0.15) is 0 Å². The first-order chi connectivity index (χ1) is 8.90. The number of anilines is 1. The van der Waals surface area contributed by atoms with Crippen LogP contribution in [0, 0.1) is 6.92 Å². The molecule has 0 aliphatic rings. The predicted molar refractivity (Wildman–Crippen MR) is 69.7 cm³/mol. The van der Waals surface area contributed by atoms with E-state index in [9.17, 15) is 9.59 Å². The summed E-state index contributed by atoms with van der Waals surface area (Å²) in [5, 5.41) is 4.00. The number of nitrogens with two attached hydrogens (primary N) is 3. The number of carbonyl (C=O) groups excluding carboxylic acids is 2. The molecule has 1 aromatic carbocycles. The summed E-state index contributed by atoms with van der Waals surface area (Å²) in [7, 11) is 0. The fraction of sp³-hybridized carbons (Fsp3) is 0.0833. The number of carbonyl (C=O) groups is 2. The first-order valence-electron chi connectivity index (χ1n) is 5.46. The molecule has 0 spiro atoms. The number of nitrogen functional groups attached to an aromatic ring is 1. The van der Waals surface area contributed by atoms with Crippen molar-refractivity contribution in [3.63, 3.8) is 0 Å². The van der Waals surface area contributed by atoms with Gasteiger partial charge in [0, 0.05) is 5.56 Å². The number of aromatic nitrogens is 2. The van der Waals surface area contributed by atoms with Crippen LogP contribution in [0.1, 0.15) is 26.4 Å². The third-order valence-corrected chi connectivity index (χ3v) is 2.72. The molecular weight excluding hydrogens is 246 g/mol. The zero-order valence-electron chi connectivity index (χ0n) is 10.3. The van der Waals surface area contributed by atoms with Crippen LogP contribution in [0.2, 0.25) is 0 Å². The van der Waals surface area contributed by atoms with Crippen molar-refractivity contribution in [1.29, 1.82) is 0 Å². The Morgan fingerprint density at radius 1 is 1.21 bits per heavy atom. The van der Waals surface area contributed by atoms with E-state index in [2.05, 4.69) is 5.10 Å². The lowest BCUT2D eigenvalue weighted by Crippen LogP contribution is -2.14. The molecule has 1 heterocycles. The Morgan fingerprint density at radius 2 is 1.89 bits per heavy atom. The van der Waals surface area contributed by atoms with Gasteiger partial charge >= 0.3 is 0 Å². The van der Waals surface area contributed by atoms with Crippen molar-refractivity contribution in [3.8, 4) is 5.69 Å². The van der Waals surface area contributed by atoms with Crippen LogP contribution in [0.5, 0.6) is 0 Å². The third-order valence-electron chi connectivity index (χ3n) is 2.72. The molecule has 0 fully saturated rings. The fourth-order valence-electron chi connectivity index (χ4n) is 1.78. The largest absolute Gasteiger partial charge is 0.396 e. The molecule has 7 nitrogen and oxygen atoms in total. The molecule has 2 rings (SSSR count). The summed E-state index contributed by atoms with van der Waals surface area (Å²) in [5.74, 6) is -1.19. The van der Waals surface area contributed by atoms with Crippen LogP contribution in [0.25, 0.3) is 5.69 Å². The van der Waals surface area contributed by atoms with E-state index in [4.69, 9.17) is 17.2 Å². The van der Waals surface area contributed by atoms with Crippen molar-refractivity contribution in [2.45, 2.75) is 6.92 Å². The molecule has 0 radical (unpaired) electrons. The van der Waals surface area contributed by atoms with E-state index < -0.39 is 11.8 Å². The highest BCUT2D eigenvalue weighted by atomic mass is 16.1. The lowest BCUT2D eigenvalue weighted by Gasteiger charge is -2.05. The molecule has 0 saturated carbocycles. The Morgan fingerprint density at radius 3 is 2.37 bits per heavy atom. The Bertz CT molecular complexity index is 675. The van der Waals surface area contributed by atoms with Gasteiger partial charge in [-0.05, 0) is 30.7 Å². The van der Waals surface area contributed by atoms with Crippen LogP contribution in [0.3, 0.4) is 0 Å². The van der Waals surface area contributed by atoms with Gasteiger partial charge in [0.25, 0.3) is 5.91 Å². The van der Waals surface area contributed by atoms with Gasteiger partial charge in [-0.2, -0.15) is 5.10 Å². The van der Waals surface area contributed by atoms with Gasteiger partial charge < -0.3 is 17.2 Å². The summed E-state index contributed by atoms with van der Waals surface area (Å²) in [4.78, 5) is 22.2. The summed E-state index contributed by atoms with van der Waals surface area (Å²) in [6, 6.07) is 4.97. The standard InChI is InChI=1S/C12H13N5O2/c1-6-4-7(2-3-8(6)11(14)18)17-5-9(13)10(16-17)12(15)19/h2-5H,13H2,1H3,(H2,14,18)(H2,15,19). The Balaban J connectivity index is 2.48. The van der Waals surface area contributed by atoms with E-state index in [-0.39, 0.29) is 11.4 Å². The van der Waals surface area contributed by atoms with Crippen molar-refractivity contribution in [2.24, 2.45) is 11.5 Å². The van der Waals surface area contributed by atoms with Gasteiger partial charge in [0.2, 0.25) is 5.91 Å². The van der Waals surface area contributed by atoms with Crippen molar-refractivity contribution in [2.75, 3.05) is 5.73 Å². The molecule has 0 atom stereocenters. The maximum absolute atomic E-state index is 11.1. The lowest BCUT2D eigenvalue weighted by molar-refractivity contribution is 0.0989. The molecule has 0 bridgehead atoms. The van der Waals surface area contributed by atoms with Crippen LogP contribution in [0.4, 0.5) is 5.69 Å². The molecule has 6 N–H and O–H groups in total. The van der Waals surface area contributed by atoms with Crippen molar-refractivity contribution in [3.05, 3.63) is 41.2 Å². The molecule has 0 saturated heterocycles. The highest BCUT2D eigenvalue weighted by Crippen LogP contribution is 2.17. The van der Waals surface area contributed by atoms with Gasteiger partial charge in [-0.15, -0.1) is 0 Å². The SMILES string of the molecule is Cc1cc(-n2cc(N)c(C(N)=O)n2)ccc1C(N)=O. The molecule has 98 valence electrons. The Labute approximate surface area is 109 Å². The monoisotopic (exact) mass is 259 g/mol. The number of rotatable bonds is 3. The lowest BCUT2D eigenvalue weighted by atomic mass is 10.1. The van der Waals surface area contributed by atoms with Crippen molar-refractivity contribution >= 4 is 17.5 Å². The molecule has 19 heavy (non-hydrogen) atoms. The number of amides is 2. The maximum atomic E-state index is 11.1. The summed E-state index contributed by atoms with van der Waals surface area (Å²) in [6.45, 7) is 1.76. The first kappa shape index (κ1) is 12.6. The van der Waals surface area contributed by atoms with Crippen molar-refractivity contribution in [1.82, 2.24) is 9.78 Å². The topological polar surface area (TPSA) is 130 Å². The third kappa shape index (κ3) is 2.25. The van der Waals surface area contributed by atoms with Crippen LogP contribution in [-0.4, -0.2) is 21.6 Å². The number of hydrogen-bond acceptors (Lipinski definition) is 4. The summed E-state index contributed by atoms with van der Waals surface area (Å²) in [5.41, 5.74) is 18.0. The minimum atomic E-state index is -0.693. The molecule has 0 unspecified atom stereocenters. The van der Waals surface area contributed by atoms with Crippen LogP contribution in [-0.2, 0) is 0 Å². The first-order valence-corrected chi connectivity index (χ1v) is 5.46. The van der Waals surface area contributed by atoms with E-state index in [1.807, 2.05) is 0 Å². The summed E-state index contributed by atoms with van der Waals surface area (Å²) >= 11 is 0. The van der Waals surface area contributed by atoms with Crippen LogP contribution in [0.15, 0.2) is 24.4 Å². The smallest absolute Gasteiger partial charge is 0.271 e. The Kier molecular flexibility index (Phi) is 2.95. The number of nitrogens with zero attached hydrogens (tertiary/aromatic N) is 2. The molecule has 7 heteroatoms. The van der Waals surface area contributed by atoms with E-state index >= 15 is 0 Å². The summed E-state index contributed by atoms with van der Waals surface area (Å²) < 4.78 is 1.42. The molecule has 0 aliphatic heterocycles. The minimum Gasteiger partial charge on any atom is -0.396 e. The fourth-order valence-corrected chi connectivity index (χ4v) is 1.78. The highest BCUT2D eigenvalue weighted by molar-refractivity contribution is 5.96. The quantitative estimate of drug-likeness (QED) is 0.713. The van der Waals surface area contributed by atoms with Crippen LogP contribution >= 0.6 is 0 Å². The number of benzene rings is 1. The second-order valence-electron chi connectivity index (χ2n) is 4.11. The van der Waals surface area contributed by atoms with E-state index in [0.717, 1.165) is 0 Å². The number of aryl methyl sites for hydroxylation is 1. The predicted octanol–water partition coefficient (Wildman–Crippen LogP) is -0.0393. The minimum absolute atomic E-state index is 0.0108. The average molecular weight is 259 g/mol. The second kappa shape index (κ2) is 4.45. The van der Waals surface area contributed by atoms with Gasteiger partial charge in [-0.3, -0.25) is 9.59 Å².